The largest absolute Gasteiger partial charge is 0.463 e. The molecule has 0 aromatic heterocycles. The van der Waals surface area contributed by atoms with Crippen LogP contribution < -0.4 is 0 Å². The number of rotatable bonds is 1. The Bertz CT molecular complexity index is 752. The second-order valence-electron chi connectivity index (χ2n) is 6.48. The second-order valence-corrected chi connectivity index (χ2v) is 6.48. The molecule has 0 saturated carbocycles. The van der Waals surface area contributed by atoms with Crippen LogP contribution in [0.5, 0.6) is 0 Å². The number of cyclic esters (lactones) is 2. The molecule has 0 unspecified atom stereocenters. The van der Waals surface area contributed by atoms with Crippen LogP contribution in [0.3, 0.4) is 0 Å². The maximum absolute atomic E-state index is 12.6. The molecule has 0 aliphatic carbocycles. The first-order valence-corrected chi connectivity index (χ1v) is 8.41. The number of ether oxygens (including phenoxy) is 2. The van der Waals surface area contributed by atoms with Gasteiger partial charge >= 0.3 is 11.9 Å². The Morgan fingerprint density at radius 1 is 0.917 bits per heavy atom. The van der Waals surface area contributed by atoms with Crippen molar-refractivity contribution in [3.8, 4) is 0 Å². The van der Waals surface area contributed by atoms with Gasteiger partial charge < -0.3 is 9.47 Å². The summed E-state index contributed by atoms with van der Waals surface area (Å²) in [6.07, 6.45) is 0.613. The summed E-state index contributed by atoms with van der Waals surface area (Å²) in [5.74, 6) is -0.965. The van der Waals surface area contributed by atoms with Crippen LogP contribution in [-0.2, 0) is 19.1 Å². The topological polar surface area (TPSA) is 52.6 Å². The van der Waals surface area contributed by atoms with E-state index in [1.54, 1.807) is 0 Å². The molecule has 126 valence electrons. The van der Waals surface area contributed by atoms with Crippen molar-refractivity contribution in [1.82, 2.24) is 0 Å². The molecule has 0 N–H and O–H groups in total. The summed E-state index contributed by atoms with van der Waals surface area (Å²) >= 11 is 0. The van der Waals surface area contributed by atoms with Gasteiger partial charge in [0.25, 0.3) is 0 Å². The zero-order valence-corrected chi connectivity index (χ0v) is 14.0. The van der Waals surface area contributed by atoms with Crippen LogP contribution in [0.15, 0.2) is 42.5 Å². The highest BCUT2D eigenvalue weighted by atomic mass is 16.6. The van der Waals surface area contributed by atoms with E-state index in [4.69, 9.17) is 9.47 Å². The van der Waals surface area contributed by atoms with Gasteiger partial charge in [-0.25, -0.2) is 0 Å². The van der Waals surface area contributed by atoms with Crippen molar-refractivity contribution in [2.45, 2.75) is 51.2 Å². The van der Waals surface area contributed by atoms with Crippen LogP contribution in [-0.4, -0.2) is 24.1 Å². The molecule has 1 aliphatic rings. The summed E-state index contributed by atoms with van der Waals surface area (Å²) in [4.78, 5) is 24.6. The highest BCUT2D eigenvalue weighted by Gasteiger charge is 2.28. The maximum atomic E-state index is 12.6. The minimum absolute atomic E-state index is 0.214. The van der Waals surface area contributed by atoms with Crippen molar-refractivity contribution in [3.63, 3.8) is 0 Å². The summed E-state index contributed by atoms with van der Waals surface area (Å²) < 4.78 is 10.9. The highest BCUT2D eigenvalue weighted by molar-refractivity contribution is 5.86. The van der Waals surface area contributed by atoms with Gasteiger partial charge in [0.1, 0.15) is 12.2 Å². The molecular weight excluding hydrogens is 304 g/mol. The molecule has 2 aromatic rings. The average molecular weight is 326 g/mol. The number of esters is 2. The third kappa shape index (κ3) is 3.75. The Labute approximate surface area is 141 Å². The van der Waals surface area contributed by atoms with Crippen LogP contribution in [0.4, 0.5) is 0 Å². The first kappa shape index (κ1) is 16.5. The second kappa shape index (κ2) is 7.04. The van der Waals surface area contributed by atoms with Crippen molar-refractivity contribution in [2.24, 2.45) is 0 Å². The van der Waals surface area contributed by atoms with Crippen molar-refractivity contribution >= 4 is 22.7 Å². The SMILES string of the molecule is C[C@@H]1C[C@@H](C)OC(=O)[C@H](c2ccc3ccccc3c2)CCC(=O)O1. The van der Waals surface area contributed by atoms with E-state index in [-0.39, 0.29) is 30.6 Å². The molecule has 24 heavy (non-hydrogen) atoms. The van der Waals surface area contributed by atoms with Crippen LogP contribution >= 0.6 is 0 Å². The van der Waals surface area contributed by atoms with Crippen molar-refractivity contribution < 1.29 is 19.1 Å². The van der Waals surface area contributed by atoms with Gasteiger partial charge in [-0.05, 0) is 36.6 Å². The summed E-state index contributed by atoms with van der Waals surface area (Å²) in [6.45, 7) is 3.66. The molecule has 0 amide bonds. The molecule has 3 atom stereocenters. The number of carbonyl (C=O) groups is 2. The first-order valence-electron chi connectivity index (χ1n) is 8.41. The van der Waals surface area contributed by atoms with Gasteiger partial charge in [0.2, 0.25) is 0 Å². The number of carbonyl (C=O) groups excluding carboxylic acids is 2. The number of hydrogen-bond acceptors (Lipinski definition) is 4. The first-order chi connectivity index (χ1) is 11.5. The lowest BCUT2D eigenvalue weighted by molar-refractivity contribution is -0.158. The Hall–Kier alpha value is -2.36. The van der Waals surface area contributed by atoms with Crippen LogP contribution in [0.1, 0.15) is 44.6 Å². The van der Waals surface area contributed by atoms with E-state index in [1.807, 2.05) is 56.3 Å². The zero-order valence-electron chi connectivity index (χ0n) is 14.0. The summed E-state index contributed by atoms with van der Waals surface area (Å²) in [6, 6.07) is 14.0. The van der Waals surface area contributed by atoms with Gasteiger partial charge in [0, 0.05) is 12.8 Å². The lowest BCUT2D eigenvalue weighted by Crippen LogP contribution is -2.28. The minimum Gasteiger partial charge on any atom is -0.463 e. The fraction of sp³-hybridized carbons (Fsp3) is 0.400. The third-order valence-electron chi connectivity index (χ3n) is 4.41. The van der Waals surface area contributed by atoms with Gasteiger partial charge in [-0.1, -0.05) is 42.5 Å². The summed E-state index contributed by atoms with van der Waals surface area (Å²) in [7, 11) is 0. The van der Waals surface area contributed by atoms with E-state index in [2.05, 4.69) is 0 Å². The van der Waals surface area contributed by atoms with E-state index < -0.39 is 5.92 Å². The van der Waals surface area contributed by atoms with E-state index >= 15 is 0 Å². The lowest BCUT2D eigenvalue weighted by atomic mass is 9.92. The summed E-state index contributed by atoms with van der Waals surface area (Å²) in [5, 5.41) is 2.19. The molecule has 4 nitrogen and oxygen atoms in total. The molecular formula is C20H22O4. The van der Waals surface area contributed by atoms with E-state index in [1.165, 1.54) is 0 Å². The molecule has 4 heteroatoms. The monoisotopic (exact) mass is 326 g/mol. The Morgan fingerprint density at radius 2 is 1.62 bits per heavy atom. The number of benzene rings is 2. The smallest absolute Gasteiger partial charge is 0.313 e. The molecule has 0 radical (unpaired) electrons. The number of hydrogen-bond donors (Lipinski definition) is 0. The molecule has 1 fully saturated rings. The van der Waals surface area contributed by atoms with Gasteiger partial charge in [0.05, 0.1) is 5.92 Å². The standard InChI is InChI=1S/C20H22O4/c1-13-11-14(2)24-20(22)18(9-10-19(21)23-13)17-8-7-15-5-3-4-6-16(15)12-17/h3-8,12-14,18H,9-11H2,1-2H3/t13-,14-,18+/m1/s1. The van der Waals surface area contributed by atoms with E-state index in [0.717, 1.165) is 16.3 Å². The van der Waals surface area contributed by atoms with Gasteiger partial charge in [0.15, 0.2) is 0 Å². The van der Waals surface area contributed by atoms with Crippen LogP contribution in [0.25, 0.3) is 10.8 Å². The maximum Gasteiger partial charge on any atom is 0.313 e. The lowest BCUT2D eigenvalue weighted by Gasteiger charge is -2.24. The van der Waals surface area contributed by atoms with Gasteiger partial charge in [-0.2, -0.15) is 0 Å². The quantitative estimate of drug-likeness (QED) is 0.744. The molecule has 1 heterocycles. The molecule has 0 spiro atoms. The normalized spacial score (nSPS) is 25.8. The van der Waals surface area contributed by atoms with Crippen LogP contribution in [0, 0.1) is 0 Å². The van der Waals surface area contributed by atoms with E-state index in [0.29, 0.717) is 12.8 Å². The molecule has 1 saturated heterocycles. The van der Waals surface area contributed by atoms with Crippen LogP contribution in [0.2, 0.25) is 0 Å². The van der Waals surface area contributed by atoms with Crippen molar-refractivity contribution in [3.05, 3.63) is 48.0 Å². The molecule has 2 aromatic carbocycles. The minimum atomic E-state index is -0.446. The fourth-order valence-corrected chi connectivity index (χ4v) is 3.23. The predicted molar refractivity (Wildman–Crippen MR) is 91.6 cm³/mol. The zero-order chi connectivity index (χ0) is 17.1. The fourth-order valence-electron chi connectivity index (χ4n) is 3.23. The molecule has 0 bridgehead atoms. The summed E-state index contributed by atoms with van der Waals surface area (Å²) in [5.41, 5.74) is 0.882. The van der Waals surface area contributed by atoms with Gasteiger partial charge in [-0.3, -0.25) is 9.59 Å². The average Bonchev–Trinajstić information content (AvgIpc) is 2.53. The van der Waals surface area contributed by atoms with Crippen molar-refractivity contribution in [1.29, 1.82) is 0 Å². The number of fused-ring (bicyclic) bond motifs is 1. The molecule has 1 aliphatic heterocycles. The Morgan fingerprint density at radius 3 is 2.42 bits per heavy atom. The van der Waals surface area contributed by atoms with E-state index in [9.17, 15) is 9.59 Å². The molecule has 3 rings (SSSR count). The Kier molecular flexibility index (Phi) is 4.84. The van der Waals surface area contributed by atoms with Crippen molar-refractivity contribution in [2.75, 3.05) is 0 Å². The highest BCUT2D eigenvalue weighted by Crippen LogP contribution is 2.28. The Balaban J connectivity index is 1.90. The van der Waals surface area contributed by atoms with Gasteiger partial charge in [-0.15, -0.1) is 0 Å². The predicted octanol–water partition coefficient (Wildman–Crippen LogP) is 3.97. The third-order valence-corrected chi connectivity index (χ3v) is 4.41.